The van der Waals surface area contributed by atoms with Crippen LogP contribution in [0, 0.1) is 11.5 Å². The summed E-state index contributed by atoms with van der Waals surface area (Å²) < 4.78 is 0. The number of fused-ring (bicyclic) bond motifs is 1. The van der Waals surface area contributed by atoms with Crippen molar-refractivity contribution in [1.29, 1.82) is 5.26 Å². The van der Waals surface area contributed by atoms with E-state index in [1.165, 1.54) is 17.5 Å². The first-order valence-corrected chi connectivity index (χ1v) is 5.58. The van der Waals surface area contributed by atoms with E-state index in [0.717, 1.165) is 12.8 Å². The van der Waals surface area contributed by atoms with Gasteiger partial charge in [0.15, 0.2) is 6.19 Å². The maximum absolute atomic E-state index is 8.52. The molecule has 0 heterocycles. The van der Waals surface area contributed by atoms with Gasteiger partial charge >= 0.3 is 0 Å². The summed E-state index contributed by atoms with van der Waals surface area (Å²) in [5.41, 5.74) is 2.71. The van der Waals surface area contributed by atoms with Gasteiger partial charge in [-0.15, -0.1) is 0 Å². The summed E-state index contributed by atoms with van der Waals surface area (Å²) in [6.07, 6.45) is 5.29. The van der Waals surface area contributed by atoms with Crippen LogP contribution in [0.1, 0.15) is 36.9 Å². The maximum atomic E-state index is 8.52. The first-order valence-electron chi connectivity index (χ1n) is 5.58. The van der Waals surface area contributed by atoms with Crippen LogP contribution in [0.15, 0.2) is 29.3 Å². The Bertz CT molecular complexity index is 443. The number of nitrogens with zero attached hydrogens (tertiary/aromatic N) is 2. The summed E-state index contributed by atoms with van der Waals surface area (Å²) in [5.74, 6) is 0.698. The van der Waals surface area contributed by atoms with Crippen LogP contribution < -0.4 is 5.32 Å². The van der Waals surface area contributed by atoms with Crippen molar-refractivity contribution in [2.24, 2.45) is 4.99 Å². The summed E-state index contributed by atoms with van der Waals surface area (Å²) in [7, 11) is 0. The predicted octanol–water partition coefficient (Wildman–Crippen LogP) is 2.55. The van der Waals surface area contributed by atoms with Gasteiger partial charge in [-0.3, -0.25) is 10.3 Å². The van der Waals surface area contributed by atoms with E-state index in [2.05, 4.69) is 34.6 Å². The van der Waals surface area contributed by atoms with Gasteiger partial charge in [0.1, 0.15) is 5.84 Å². The molecule has 1 atom stereocenters. The molecule has 3 nitrogen and oxygen atoms in total. The molecule has 1 N–H and O–H groups in total. The van der Waals surface area contributed by atoms with Gasteiger partial charge in [0.05, 0.1) is 6.04 Å². The van der Waals surface area contributed by atoms with Crippen molar-refractivity contribution >= 4 is 5.84 Å². The second-order valence-electron chi connectivity index (χ2n) is 4.06. The molecule has 0 radical (unpaired) electrons. The van der Waals surface area contributed by atoms with E-state index in [4.69, 9.17) is 5.26 Å². The normalized spacial score (nSPS) is 19.8. The summed E-state index contributed by atoms with van der Waals surface area (Å²) in [4.78, 5) is 4.55. The lowest BCUT2D eigenvalue weighted by atomic mass is 9.88. The fourth-order valence-electron chi connectivity index (χ4n) is 2.21. The van der Waals surface area contributed by atoms with Crippen LogP contribution in [-0.2, 0) is 6.42 Å². The average Bonchev–Trinajstić information content (AvgIpc) is 2.30. The molecule has 0 saturated heterocycles. The third-order valence-electron chi connectivity index (χ3n) is 2.92. The van der Waals surface area contributed by atoms with Crippen LogP contribution in [0.2, 0.25) is 0 Å². The lowest BCUT2D eigenvalue weighted by Crippen LogP contribution is -2.16. The molecule has 1 aromatic carbocycles. The molecule has 0 aliphatic heterocycles. The molecular weight excluding hydrogens is 198 g/mol. The van der Waals surface area contributed by atoms with E-state index in [1.54, 1.807) is 0 Å². The minimum absolute atomic E-state index is 0.214. The Kier molecular flexibility index (Phi) is 3.21. The zero-order chi connectivity index (χ0) is 11.4. The molecule has 16 heavy (non-hydrogen) atoms. The van der Waals surface area contributed by atoms with E-state index in [0.29, 0.717) is 5.84 Å². The molecule has 0 bridgehead atoms. The van der Waals surface area contributed by atoms with Crippen molar-refractivity contribution in [1.82, 2.24) is 5.32 Å². The summed E-state index contributed by atoms with van der Waals surface area (Å²) in [6, 6.07) is 8.66. The number of hydrogen-bond acceptors (Lipinski definition) is 2. The number of hydrogen-bond donors (Lipinski definition) is 1. The van der Waals surface area contributed by atoms with Crippen LogP contribution in [0.5, 0.6) is 0 Å². The van der Waals surface area contributed by atoms with E-state index < -0.39 is 0 Å². The van der Waals surface area contributed by atoms with Crippen LogP contribution in [0.4, 0.5) is 0 Å². The van der Waals surface area contributed by atoms with Crippen LogP contribution in [-0.4, -0.2) is 5.84 Å². The van der Waals surface area contributed by atoms with E-state index in [9.17, 15) is 0 Å². The van der Waals surface area contributed by atoms with Gasteiger partial charge in [-0.1, -0.05) is 24.3 Å². The van der Waals surface area contributed by atoms with Gasteiger partial charge in [-0.25, -0.2) is 0 Å². The van der Waals surface area contributed by atoms with Crippen molar-refractivity contribution in [3.05, 3.63) is 35.4 Å². The molecule has 1 aliphatic carbocycles. The highest BCUT2D eigenvalue weighted by atomic mass is 15.0. The monoisotopic (exact) mass is 213 g/mol. The fourth-order valence-corrected chi connectivity index (χ4v) is 2.21. The Morgan fingerprint density at radius 1 is 1.50 bits per heavy atom. The SMILES string of the molecule is CC(=NC1CCCc2ccccc21)NC#N. The smallest absolute Gasteiger partial charge is 0.182 e. The quantitative estimate of drug-likeness (QED) is 0.337. The number of aliphatic imine (C=N–C) groups is 1. The standard InChI is InChI=1S/C13H15N3/c1-10(15-9-14)16-13-8-4-6-11-5-2-3-7-12(11)13/h2-3,5,7,13H,4,6,8H2,1H3,(H,15,16). The molecule has 0 saturated carbocycles. The van der Waals surface area contributed by atoms with Gasteiger partial charge in [-0.2, -0.15) is 5.26 Å². The highest BCUT2D eigenvalue weighted by Crippen LogP contribution is 2.32. The van der Waals surface area contributed by atoms with Crippen molar-refractivity contribution in [3.8, 4) is 6.19 Å². The van der Waals surface area contributed by atoms with Gasteiger partial charge in [0.2, 0.25) is 0 Å². The highest BCUT2D eigenvalue weighted by molar-refractivity contribution is 5.81. The Labute approximate surface area is 95.8 Å². The van der Waals surface area contributed by atoms with Crippen molar-refractivity contribution in [3.63, 3.8) is 0 Å². The van der Waals surface area contributed by atoms with Crippen LogP contribution >= 0.6 is 0 Å². The number of aryl methyl sites for hydroxylation is 1. The molecule has 1 unspecified atom stereocenters. The van der Waals surface area contributed by atoms with Crippen molar-refractivity contribution in [2.75, 3.05) is 0 Å². The Balaban J connectivity index is 2.26. The second-order valence-corrected chi connectivity index (χ2v) is 4.06. The van der Waals surface area contributed by atoms with Crippen molar-refractivity contribution in [2.45, 2.75) is 32.2 Å². The maximum Gasteiger partial charge on any atom is 0.182 e. The van der Waals surface area contributed by atoms with E-state index >= 15 is 0 Å². The first-order chi connectivity index (χ1) is 7.81. The number of nitriles is 1. The number of benzene rings is 1. The number of rotatable bonds is 1. The summed E-state index contributed by atoms with van der Waals surface area (Å²) in [6.45, 7) is 1.83. The number of amidine groups is 1. The van der Waals surface area contributed by atoms with Crippen LogP contribution in [0.25, 0.3) is 0 Å². The topological polar surface area (TPSA) is 48.2 Å². The molecule has 0 spiro atoms. The highest BCUT2D eigenvalue weighted by Gasteiger charge is 2.18. The minimum atomic E-state index is 0.214. The molecule has 1 aromatic rings. The van der Waals surface area contributed by atoms with Gasteiger partial charge in [0.25, 0.3) is 0 Å². The van der Waals surface area contributed by atoms with Gasteiger partial charge < -0.3 is 0 Å². The molecule has 82 valence electrons. The molecule has 0 amide bonds. The second kappa shape index (κ2) is 4.80. The fraction of sp³-hybridized carbons (Fsp3) is 0.385. The minimum Gasteiger partial charge on any atom is -0.281 e. The molecule has 3 heteroatoms. The Morgan fingerprint density at radius 3 is 3.12 bits per heavy atom. The number of nitrogens with one attached hydrogen (secondary N) is 1. The molecule has 2 rings (SSSR count). The van der Waals surface area contributed by atoms with Crippen LogP contribution in [0.3, 0.4) is 0 Å². The zero-order valence-electron chi connectivity index (χ0n) is 9.40. The predicted molar refractivity (Wildman–Crippen MR) is 64.0 cm³/mol. The van der Waals surface area contributed by atoms with Gasteiger partial charge in [-0.05, 0) is 37.3 Å². The Hall–Kier alpha value is -1.82. The first kappa shape index (κ1) is 10.7. The molecule has 1 aliphatic rings. The Morgan fingerprint density at radius 2 is 2.31 bits per heavy atom. The third-order valence-corrected chi connectivity index (χ3v) is 2.92. The van der Waals surface area contributed by atoms with E-state index in [1.807, 2.05) is 13.1 Å². The lowest BCUT2D eigenvalue weighted by Gasteiger charge is -2.22. The largest absolute Gasteiger partial charge is 0.281 e. The van der Waals surface area contributed by atoms with Gasteiger partial charge in [0, 0.05) is 0 Å². The third kappa shape index (κ3) is 2.22. The molecular formula is C13H15N3. The molecule has 0 fully saturated rings. The lowest BCUT2D eigenvalue weighted by molar-refractivity contribution is 0.571. The average molecular weight is 213 g/mol. The summed E-state index contributed by atoms with van der Waals surface area (Å²) >= 11 is 0. The molecule has 0 aromatic heterocycles. The zero-order valence-corrected chi connectivity index (χ0v) is 9.40. The summed E-state index contributed by atoms with van der Waals surface area (Å²) in [5, 5.41) is 11.1. The van der Waals surface area contributed by atoms with E-state index in [-0.39, 0.29) is 6.04 Å². The van der Waals surface area contributed by atoms with Crippen molar-refractivity contribution < 1.29 is 0 Å².